The van der Waals surface area contributed by atoms with E-state index in [1.54, 1.807) is 0 Å². The van der Waals surface area contributed by atoms with Gasteiger partial charge in [-0.05, 0) is 12.3 Å². The van der Waals surface area contributed by atoms with Gasteiger partial charge < -0.3 is 15.4 Å². The Bertz CT molecular complexity index is 241. The molecule has 2 N–H and O–H groups in total. The first kappa shape index (κ1) is 13.5. The summed E-state index contributed by atoms with van der Waals surface area (Å²) >= 11 is 0. The number of ether oxygens (including phenoxy) is 1. The van der Waals surface area contributed by atoms with Crippen molar-refractivity contribution in [1.82, 2.24) is 4.90 Å². The van der Waals surface area contributed by atoms with Gasteiger partial charge in [-0.1, -0.05) is 13.8 Å². The summed E-state index contributed by atoms with van der Waals surface area (Å²) in [4.78, 5) is 13.7. The van der Waals surface area contributed by atoms with E-state index in [0.717, 1.165) is 26.3 Å². The molecular weight excluding hydrogens is 204 g/mol. The van der Waals surface area contributed by atoms with Crippen LogP contribution in [0.2, 0.25) is 0 Å². The predicted molar refractivity (Wildman–Crippen MR) is 64.0 cm³/mol. The van der Waals surface area contributed by atoms with Crippen molar-refractivity contribution in [3.63, 3.8) is 0 Å². The van der Waals surface area contributed by atoms with Gasteiger partial charge in [-0.3, -0.25) is 4.79 Å². The Kier molecular flexibility index (Phi) is 4.74. The van der Waals surface area contributed by atoms with Crippen molar-refractivity contribution in [1.29, 1.82) is 0 Å². The van der Waals surface area contributed by atoms with E-state index in [9.17, 15) is 4.79 Å². The van der Waals surface area contributed by atoms with E-state index in [1.807, 2.05) is 11.8 Å². The highest BCUT2D eigenvalue weighted by Gasteiger charge is 2.40. The summed E-state index contributed by atoms with van der Waals surface area (Å²) in [6.45, 7) is 9.96. The quantitative estimate of drug-likeness (QED) is 0.759. The summed E-state index contributed by atoms with van der Waals surface area (Å²) in [5.74, 6) is 0.615. The molecule has 1 aliphatic heterocycles. The van der Waals surface area contributed by atoms with Crippen molar-refractivity contribution in [3.8, 4) is 0 Å². The topological polar surface area (TPSA) is 55.6 Å². The van der Waals surface area contributed by atoms with Gasteiger partial charge in [0.05, 0.1) is 6.61 Å². The highest BCUT2D eigenvalue weighted by molar-refractivity contribution is 5.76. The Balaban J connectivity index is 2.53. The average Bonchev–Trinajstić information content (AvgIpc) is 2.51. The molecule has 1 amide bonds. The lowest BCUT2D eigenvalue weighted by Gasteiger charge is -2.24. The van der Waals surface area contributed by atoms with Gasteiger partial charge in [0.15, 0.2) is 0 Å². The van der Waals surface area contributed by atoms with Gasteiger partial charge in [0.1, 0.15) is 0 Å². The van der Waals surface area contributed by atoms with Crippen LogP contribution in [0.25, 0.3) is 0 Å². The molecule has 94 valence electrons. The summed E-state index contributed by atoms with van der Waals surface area (Å²) in [5, 5.41) is 0. The number of rotatable bonds is 5. The van der Waals surface area contributed by atoms with Crippen LogP contribution in [0.1, 0.15) is 27.2 Å². The Labute approximate surface area is 98.1 Å². The molecule has 1 heterocycles. The van der Waals surface area contributed by atoms with Crippen LogP contribution in [0.5, 0.6) is 0 Å². The fourth-order valence-corrected chi connectivity index (χ4v) is 2.21. The van der Waals surface area contributed by atoms with E-state index in [2.05, 4.69) is 13.8 Å². The van der Waals surface area contributed by atoms with Crippen LogP contribution in [0, 0.1) is 11.3 Å². The van der Waals surface area contributed by atoms with Crippen LogP contribution >= 0.6 is 0 Å². The first-order valence-corrected chi connectivity index (χ1v) is 6.07. The lowest BCUT2D eigenvalue weighted by Crippen LogP contribution is -2.31. The lowest BCUT2D eigenvalue weighted by molar-refractivity contribution is -0.130. The molecule has 4 heteroatoms. The van der Waals surface area contributed by atoms with Gasteiger partial charge in [0.25, 0.3) is 0 Å². The molecule has 0 aromatic rings. The molecule has 1 saturated heterocycles. The number of hydrogen-bond donors (Lipinski definition) is 1. The van der Waals surface area contributed by atoms with E-state index in [1.165, 1.54) is 0 Å². The molecule has 0 aliphatic carbocycles. The molecule has 0 bridgehead atoms. The van der Waals surface area contributed by atoms with Crippen LogP contribution in [0.3, 0.4) is 0 Å². The van der Waals surface area contributed by atoms with Crippen LogP contribution in [0.15, 0.2) is 0 Å². The standard InChI is InChI=1S/C12H24N2O2/c1-4-16-8-10-7-14(9-12(10,2)3)11(15)5-6-13/h10H,4-9,13H2,1-3H3. The zero-order valence-corrected chi connectivity index (χ0v) is 10.7. The first-order valence-electron chi connectivity index (χ1n) is 6.07. The second-order valence-electron chi connectivity index (χ2n) is 5.16. The van der Waals surface area contributed by atoms with Gasteiger partial charge in [-0.25, -0.2) is 0 Å². The van der Waals surface area contributed by atoms with Crippen molar-refractivity contribution in [2.24, 2.45) is 17.1 Å². The maximum atomic E-state index is 11.8. The number of likely N-dealkylation sites (tertiary alicyclic amines) is 1. The summed E-state index contributed by atoms with van der Waals surface area (Å²) in [6.07, 6.45) is 0.456. The van der Waals surface area contributed by atoms with Crippen LogP contribution in [-0.4, -0.2) is 43.7 Å². The fourth-order valence-electron chi connectivity index (χ4n) is 2.21. The van der Waals surface area contributed by atoms with E-state index < -0.39 is 0 Å². The van der Waals surface area contributed by atoms with Crippen molar-refractivity contribution < 1.29 is 9.53 Å². The minimum Gasteiger partial charge on any atom is -0.381 e. The highest BCUT2D eigenvalue weighted by atomic mass is 16.5. The normalized spacial score (nSPS) is 23.8. The first-order chi connectivity index (χ1) is 7.51. The second-order valence-corrected chi connectivity index (χ2v) is 5.16. The summed E-state index contributed by atoms with van der Waals surface area (Å²) in [7, 11) is 0. The molecule has 0 aromatic heterocycles. The molecular formula is C12H24N2O2. The lowest BCUT2D eigenvalue weighted by atomic mass is 9.83. The van der Waals surface area contributed by atoms with Gasteiger partial charge in [-0.2, -0.15) is 0 Å². The molecule has 0 radical (unpaired) electrons. The molecule has 0 spiro atoms. The van der Waals surface area contributed by atoms with Gasteiger partial charge in [-0.15, -0.1) is 0 Å². The molecule has 0 aromatic carbocycles. The Morgan fingerprint density at radius 1 is 1.56 bits per heavy atom. The third-order valence-electron chi connectivity index (χ3n) is 3.38. The molecule has 1 unspecified atom stereocenters. The van der Waals surface area contributed by atoms with E-state index in [4.69, 9.17) is 10.5 Å². The minimum absolute atomic E-state index is 0.152. The van der Waals surface area contributed by atoms with Crippen molar-refractivity contribution in [2.75, 3.05) is 32.8 Å². The van der Waals surface area contributed by atoms with Crippen molar-refractivity contribution >= 4 is 5.91 Å². The predicted octanol–water partition coefficient (Wildman–Crippen LogP) is 0.856. The molecule has 1 rings (SSSR count). The summed E-state index contributed by atoms with van der Waals surface area (Å²) in [5.41, 5.74) is 5.56. The maximum absolute atomic E-state index is 11.8. The van der Waals surface area contributed by atoms with Crippen molar-refractivity contribution in [3.05, 3.63) is 0 Å². The Morgan fingerprint density at radius 2 is 2.25 bits per heavy atom. The number of nitrogens with two attached hydrogens (primary N) is 1. The smallest absolute Gasteiger partial charge is 0.223 e. The molecule has 0 saturated carbocycles. The van der Waals surface area contributed by atoms with Gasteiger partial charge in [0, 0.05) is 38.6 Å². The third kappa shape index (κ3) is 3.19. The third-order valence-corrected chi connectivity index (χ3v) is 3.38. The molecule has 16 heavy (non-hydrogen) atoms. The van der Waals surface area contributed by atoms with Crippen LogP contribution in [0.4, 0.5) is 0 Å². The second kappa shape index (κ2) is 5.64. The molecule has 1 atom stereocenters. The number of carbonyl (C=O) groups is 1. The highest BCUT2D eigenvalue weighted by Crippen LogP contribution is 2.35. The zero-order valence-electron chi connectivity index (χ0n) is 10.7. The number of hydrogen-bond acceptors (Lipinski definition) is 3. The number of carbonyl (C=O) groups excluding carboxylic acids is 1. The maximum Gasteiger partial charge on any atom is 0.223 e. The molecule has 4 nitrogen and oxygen atoms in total. The van der Waals surface area contributed by atoms with Crippen LogP contribution in [-0.2, 0) is 9.53 Å². The summed E-state index contributed by atoms with van der Waals surface area (Å²) < 4.78 is 5.48. The van der Waals surface area contributed by atoms with Crippen LogP contribution < -0.4 is 5.73 Å². The number of nitrogens with zero attached hydrogens (tertiary/aromatic N) is 1. The monoisotopic (exact) mass is 228 g/mol. The Hall–Kier alpha value is -0.610. The van der Waals surface area contributed by atoms with E-state index >= 15 is 0 Å². The van der Waals surface area contributed by atoms with E-state index in [-0.39, 0.29) is 11.3 Å². The fraction of sp³-hybridized carbons (Fsp3) is 0.917. The number of amides is 1. The van der Waals surface area contributed by atoms with Gasteiger partial charge in [0.2, 0.25) is 5.91 Å². The van der Waals surface area contributed by atoms with E-state index in [0.29, 0.717) is 18.9 Å². The Morgan fingerprint density at radius 3 is 2.81 bits per heavy atom. The zero-order chi connectivity index (χ0) is 12.2. The van der Waals surface area contributed by atoms with Gasteiger partial charge >= 0.3 is 0 Å². The largest absolute Gasteiger partial charge is 0.381 e. The molecule has 1 fully saturated rings. The average molecular weight is 228 g/mol. The molecule has 1 aliphatic rings. The minimum atomic E-state index is 0.152. The van der Waals surface area contributed by atoms with Crippen molar-refractivity contribution in [2.45, 2.75) is 27.2 Å². The SMILES string of the molecule is CCOCC1CN(C(=O)CCN)CC1(C)C. The summed E-state index contributed by atoms with van der Waals surface area (Å²) in [6, 6.07) is 0.